The average molecular weight is 278 g/mol. The maximum Gasteiger partial charge on any atom is 0.165 e. The van der Waals surface area contributed by atoms with E-state index in [0.717, 1.165) is 24.8 Å². The van der Waals surface area contributed by atoms with Gasteiger partial charge in [0.05, 0.1) is 18.1 Å². The normalized spacial score (nSPS) is 11.2. The highest BCUT2D eigenvalue weighted by atomic mass is 19.1. The van der Waals surface area contributed by atoms with Crippen LogP contribution in [0.1, 0.15) is 38.7 Å². The van der Waals surface area contributed by atoms with Crippen molar-refractivity contribution < 1.29 is 9.13 Å². The van der Waals surface area contributed by atoms with Crippen LogP contribution < -0.4 is 10.5 Å². The van der Waals surface area contributed by atoms with Gasteiger partial charge in [-0.3, -0.25) is 0 Å². The van der Waals surface area contributed by atoms with Gasteiger partial charge in [-0.2, -0.15) is 5.26 Å². The average Bonchev–Trinajstić information content (AvgIpc) is 2.41. The molecule has 0 aromatic heterocycles. The predicted octanol–water partition coefficient (Wildman–Crippen LogP) is 3.43. The first kappa shape index (κ1) is 16.5. The maximum atomic E-state index is 13.7. The van der Waals surface area contributed by atoms with E-state index in [1.165, 1.54) is 6.07 Å². The minimum absolute atomic E-state index is 0.283. The van der Waals surface area contributed by atoms with Gasteiger partial charge in [-0.1, -0.05) is 6.07 Å². The Hall–Kier alpha value is -1.60. The summed E-state index contributed by atoms with van der Waals surface area (Å²) in [5.74, 6) is -0.0568. The van der Waals surface area contributed by atoms with Crippen molar-refractivity contribution >= 4 is 0 Å². The van der Waals surface area contributed by atoms with Crippen LogP contribution in [-0.4, -0.2) is 13.2 Å². The van der Waals surface area contributed by atoms with Gasteiger partial charge in [-0.15, -0.1) is 0 Å². The summed E-state index contributed by atoms with van der Waals surface area (Å²) in [7, 11) is 0. The molecule has 0 aliphatic heterocycles. The van der Waals surface area contributed by atoms with E-state index in [1.54, 1.807) is 6.07 Å². The molecule has 1 aromatic carbocycles. The van der Waals surface area contributed by atoms with Crippen LogP contribution >= 0.6 is 0 Å². The molecular formula is C16H23FN2O. The van der Waals surface area contributed by atoms with E-state index in [-0.39, 0.29) is 17.0 Å². The van der Waals surface area contributed by atoms with Gasteiger partial charge in [-0.25, -0.2) is 4.39 Å². The highest BCUT2D eigenvalue weighted by Gasteiger charge is 2.15. The number of nitrogens with two attached hydrogens (primary N) is 1. The number of rotatable bonds is 8. The molecule has 1 rings (SSSR count). The number of nitriles is 1. The fourth-order valence-electron chi connectivity index (χ4n) is 1.89. The van der Waals surface area contributed by atoms with Gasteiger partial charge in [-0.05, 0) is 63.8 Å². The highest BCUT2D eigenvalue weighted by molar-refractivity contribution is 5.29. The number of hydrogen-bond donors (Lipinski definition) is 1. The fraction of sp³-hybridized carbons (Fsp3) is 0.562. The van der Waals surface area contributed by atoms with Gasteiger partial charge >= 0.3 is 0 Å². The summed E-state index contributed by atoms with van der Waals surface area (Å²) >= 11 is 0. The Morgan fingerprint density at radius 3 is 2.70 bits per heavy atom. The lowest BCUT2D eigenvalue weighted by atomic mass is 9.89. The molecule has 0 saturated heterocycles. The van der Waals surface area contributed by atoms with Crippen LogP contribution in [0.25, 0.3) is 0 Å². The quantitative estimate of drug-likeness (QED) is 0.741. The zero-order valence-corrected chi connectivity index (χ0v) is 12.3. The van der Waals surface area contributed by atoms with Gasteiger partial charge in [0.2, 0.25) is 0 Å². The van der Waals surface area contributed by atoms with Crippen LogP contribution in [0.3, 0.4) is 0 Å². The Balaban J connectivity index is 2.34. The van der Waals surface area contributed by atoms with Gasteiger partial charge < -0.3 is 10.5 Å². The standard InChI is InChI=1S/C16H23FN2O/c1-16(2,12-19)8-3-4-10-20-15-6-5-13(7-9-18)11-14(15)17/h5-6,11H,3-4,7-10,18H2,1-2H3. The second kappa shape index (κ2) is 7.86. The van der Waals surface area contributed by atoms with Crippen LogP contribution in [0.5, 0.6) is 5.75 Å². The second-order valence-corrected chi connectivity index (χ2v) is 5.60. The molecule has 0 spiro atoms. The Morgan fingerprint density at radius 2 is 2.10 bits per heavy atom. The largest absolute Gasteiger partial charge is 0.491 e. The molecule has 0 fully saturated rings. The van der Waals surface area contributed by atoms with Crippen molar-refractivity contribution in [3.05, 3.63) is 29.6 Å². The topological polar surface area (TPSA) is 59.0 Å². The van der Waals surface area contributed by atoms with E-state index in [9.17, 15) is 4.39 Å². The lowest BCUT2D eigenvalue weighted by molar-refractivity contribution is 0.282. The summed E-state index contributed by atoms with van der Waals surface area (Å²) in [6.45, 7) is 4.82. The third-order valence-corrected chi connectivity index (χ3v) is 3.19. The molecule has 0 saturated carbocycles. The van der Waals surface area contributed by atoms with Crippen LogP contribution in [-0.2, 0) is 6.42 Å². The van der Waals surface area contributed by atoms with E-state index < -0.39 is 0 Å². The van der Waals surface area contributed by atoms with Crippen molar-refractivity contribution in [2.24, 2.45) is 11.1 Å². The summed E-state index contributed by atoms with van der Waals surface area (Å²) < 4.78 is 19.1. The molecular weight excluding hydrogens is 255 g/mol. The van der Waals surface area contributed by atoms with Gasteiger partial charge in [0.25, 0.3) is 0 Å². The Morgan fingerprint density at radius 1 is 1.35 bits per heavy atom. The monoisotopic (exact) mass is 278 g/mol. The van der Waals surface area contributed by atoms with Crippen molar-refractivity contribution in [3.63, 3.8) is 0 Å². The highest BCUT2D eigenvalue weighted by Crippen LogP contribution is 2.22. The Labute approximate surface area is 120 Å². The molecule has 0 atom stereocenters. The Kier molecular flexibility index (Phi) is 6.47. The molecule has 20 heavy (non-hydrogen) atoms. The number of unbranched alkanes of at least 4 members (excludes halogenated alkanes) is 1. The fourth-order valence-corrected chi connectivity index (χ4v) is 1.89. The SMILES string of the molecule is CC(C)(C#N)CCCCOc1ccc(CCN)cc1F. The lowest BCUT2D eigenvalue weighted by Gasteiger charge is -2.14. The first-order valence-corrected chi connectivity index (χ1v) is 7.01. The first-order chi connectivity index (χ1) is 9.48. The Bertz CT molecular complexity index is 466. The zero-order valence-electron chi connectivity index (χ0n) is 12.3. The van der Waals surface area contributed by atoms with Crippen molar-refractivity contribution in [3.8, 4) is 11.8 Å². The van der Waals surface area contributed by atoms with Crippen molar-refractivity contribution in [1.29, 1.82) is 5.26 Å². The first-order valence-electron chi connectivity index (χ1n) is 7.01. The third-order valence-electron chi connectivity index (χ3n) is 3.19. The summed E-state index contributed by atoms with van der Waals surface area (Å²) in [6, 6.07) is 7.23. The number of benzene rings is 1. The third kappa shape index (κ3) is 5.58. The minimum atomic E-state index is -0.340. The molecule has 0 radical (unpaired) electrons. The zero-order chi connectivity index (χ0) is 15.0. The predicted molar refractivity (Wildman–Crippen MR) is 77.9 cm³/mol. The summed E-state index contributed by atoms with van der Waals surface area (Å²) in [4.78, 5) is 0. The molecule has 0 aliphatic rings. The summed E-state index contributed by atoms with van der Waals surface area (Å²) in [5, 5.41) is 8.89. The molecule has 3 nitrogen and oxygen atoms in total. The number of ether oxygens (including phenoxy) is 1. The van der Waals surface area contributed by atoms with E-state index >= 15 is 0 Å². The van der Waals surface area contributed by atoms with Crippen molar-refractivity contribution in [2.75, 3.05) is 13.2 Å². The number of halogens is 1. The molecule has 0 amide bonds. The van der Waals surface area contributed by atoms with E-state index in [0.29, 0.717) is 19.6 Å². The van der Waals surface area contributed by atoms with Crippen LogP contribution in [0, 0.1) is 22.6 Å². The molecule has 2 N–H and O–H groups in total. The van der Waals surface area contributed by atoms with Gasteiger partial charge in [0, 0.05) is 0 Å². The van der Waals surface area contributed by atoms with Crippen LogP contribution in [0.15, 0.2) is 18.2 Å². The summed E-state index contributed by atoms with van der Waals surface area (Å²) in [6.07, 6.45) is 3.20. The lowest BCUT2D eigenvalue weighted by Crippen LogP contribution is -2.08. The van der Waals surface area contributed by atoms with Crippen molar-refractivity contribution in [1.82, 2.24) is 0 Å². The van der Waals surface area contributed by atoms with Crippen molar-refractivity contribution in [2.45, 2.75) is 39.5 Å². The van der Waals surface area contributed by atoms with Gasteiger partial charge in [0.1, 0.15) is 0 Å². The summed E-state index contributed by atoms with van der Waals surface area (Å²) in [5.41, 5.74) is 6.02. The minimum Gasteiger partial charge on any atom is -0.491 e. The number of hydrogen-bond acceptors (Lipinski definition) is 3. The number of nitrogens with zero attached hydrogens (tertiary/aromatic N) is 1. The van der Waals surface area contributed by atoms with Gasteiger partial charge in [0.15, 0.2) is 11.6 Å². The molecule has 0 bridgehead atoms. The van der Waals surface area contributed by atoms with E-state index in [1.807, 2.05) is 19.9 Å². The molecule has 0 unspecified atom stereocenters. The second-order valence-electron chi connectivity index (χ2n) is 5.60. The molecule has 4 heteroatoms. The molecule has 0 aliphatic carbocycles. The van der Waals surface area contributed by atoms with E-state index in [4.69, 9.17) is 15.7 Å². The van der Waals surface area contributed by atoms with Crippen LogP contribution in [0.4, 0.5) is 4.39 Å². The molecule has 1 aromatic rings. The van der Waals surface area contributed by atoms with E-state index in [2.05, 4.69) is 6.07 Å². The molecule has 0 heterocycles. The molecule has 110 valence electrons. The smallest absolute Gasteiger partial charge is 0.165 e. The van der Waals surface area contributed by atoms with Crippen LogP contribution in [0.2, 0.25) is 0 Å². The maximum absolute atomic E-state index is 13.7.